The third-order valence-electron chi connectivity index (χ3n) is 5.08. The first-order valence-corrected chi connectivity index (χ1v) is 9.14. The maximum atomic E-state index is 12.7. The van der Waals surface area contributed by atoms with E-state index in [1.807, 2.05) is 19.9 Å². The highest BCUT2D eigenvalue weighted by molar-refractivity contribution is 6.33. The Morgan fingerprint density at radius 3 is 2.58 bits per heavy atom. The lowest BCUT2D eigenvalue weighted by atomic mass is 10.00. The Kier molecular flexibility index (Phi) is 5.55. The quantitative estimate of drug-likeness (QED) is 0.837. The molecule has 2 N–H and O–H groups in total. The summed E-state index contributed by atoms with van der Waals surface area (Å²) in [5.74, 6) is 0.394. The van der Waals surface area contributed by atoms with E-state index in [-0.39, 0.29) is 30.0 Å². The lowest BCUT2D eigenvalue weighted by Gasteiger charge is -2.29. The van der Waals surface area contributed by atoms with Crippen molar-refractivity contribution in [1.29, 1.82) is 0 Å². The number of rotatable bonds is 3. The van der Waals surface area contributed by atoms with E-state index in [0.717, 1.165) is 24.2 Å². The Morgan fingerprint density at radius 2 is 1.96 bits per heavy atom. The Morgan fingerprint density at radius 1 is 1.27 bits per heavy atom. The molecule has 0 spiro atoms. The summed E-state index contributed by atoms with van der Waals surface area (Å²) < 4.78 is 1.73. The van der Waals surface area contributed by atoms with Crippen LogP contribution in [0.25, 0.3) is 5.82 Å². The number of aryl methyl sites for hydroxylation is 2. The molecule has 0 radical (unpaired) electrons. The summed E-state index contributed by atoms with van der Waals surface area (Å²) in [6.07, 6.45) is 4.33. The molecule has 4 rings (SSSR count). The van der Waals surface area contributed by atoms with Crippen LogP contribution in [0.15, 0.2) is 18.2 Å². The molecular formula is C18H23Cl2N5O. The lowest BCUT2D eigenvalue weighted by molar-refractivity contribution is 0.0919. The zero-order chi connectivity index (χ0) is 17.6. The number of aromatic nitrogens is 3. The van der Waals surface area contributed by atoms with Crippen LogP contribution in [0, 0.1) is 13.8 Å². The summed E-state index contributed by atoms with van der Waals surface area (Å²) in [6, 6.07) is 6.69. The number of carbonyl (C=O) groups excluding carboxylic acids is 1. The van der Waals surface area contributed by atoms with Crippen molar-refractivity contribution in [3.63, 3.8) is 0 Å². The molecule has 0 aromatic carbocycles. The van der Waals surface area contributed by atoms with Gasteiger partial charge in [-0.1, -0.05) is 11.6 Å². The Labute approximate surface area is 164 Å². The van der Waals surface area contributed by atoms with Crippen LogP contribution in [0.1, 0.15) is 47.6 Å². The number of piperidine rings is 1. The van der Waals surface area contributed by atoms with Crippen LogP contribution in [0.4, 0.5) is 0 Å². The highest BCUT2D eigenvalue weighted by Gasteiger charge is 2.34. The molecule has 2 saturated heterocycles. The summed E-state index contributed by atoms with van der Waals surface area (Å²) in [4.78, 5) is 17.2. The van der Waals surface area contributed by atoms with Gasteiger partial charge in [0.25, 0.3) is 5.91 Å². The third-order valence-corrected chi connectivity index (χ3v) is 5.39. The average molecular weight is 396 g/mol. The molecule has 6 nitrogen and oxygen atoms in total. The van der Waals surface area contributed by atoms with Gasteiger partial charge in [-0.05, 0) is 57.7 Å². The van der Waals surface area contributed by atoms with Gasteiger partial charge in [0, 0.05) is 23.8 Å². The van der Waals surface area contributed by atoms with Gasteiger partial charge in [0.05, 0.1) is 10.7 Å². The molecule has 8 heteroatoms. The number of nitrogens with one attached hydrogen (secondary N) is 2. The maximum Gasteiger partial charge on any atom is 0.271 e. The predicted molar refractivity (Wildman–Crippen MR) is 104 cm³/mol. The molecular weight excluding hydrogens is 373 g/mol. The SMILES string of the molecule is Cc1cc(C)n(-c2ccc(Cl)c(C(=O)NC3CC4CCC(C3)N4)n2)n1.Cl. The van der Waals surface area contributed by atoms with E-state index in [4.69, 9.17) is 11.6 Å². The molecule has 2 unspecified atom stereocenters. The van der Waals surface area contributed by atoms with E-state index in [1.165, 1.54) is 12.8 Å². The van der Waals surface area contributed by atoms with Crippen molar-refractivity contribution in [2.45, 2.75) is 57.7 Å². The zero-order valence-corrected chi connectivity index (χ0v) is 16.4. The summed E-state index contributed by atoms with van der Waals surface area (Å²) in [5.41, 5.74) is 2.14. The molecule has 2 aliphatic rings. The van der Waals surface area contributed by atoms with Crippen LogP contribution in [0.2, 0.25) is 5.02 Å². The number of carbonyl (C=O) groups is 1. The minimum atomic E-state index is -0.209. The number of nitrogens with zero attached hydrogens (tertiary/aromatic N) is 3. The molecule has 2 aromatic heterocycles. The second-order valence-corrected chi connectivity index (χ2v) is 7.53. The van der Waals surface area contributed by atoms with E-state index < -0.39 is 0 Å². The van der Waals surface area contributed by atoms with Crippen LogP contribution in [0.5, 0.6) is 0 Å². The number of fused-ring (bicyclic) bond motifs is 2. The molecule has 2 bridgehead atoms. The van der Waals surface area contributed by atoms with E-state index in [1.54, 1.807) is 16.8 Å². The molecule has 140 valence electrons. The van der Waals surface area contributed by atoms with E-state index in [0.29, 0.717) is 22.9 Å². The molecule has 4 heterocycles. The Bertz CT molecular complexity index is 810. The van der Waals surface area contributed by atoms with Gasteiger partial charge in [0.1, 0.15) is 5.69 Å². The third kappa shape index (κ3) is 3.72. The minimum absolute atomic E-state index is 0. The normalized spacial score (nSPS) is 24.2. The average Bonchev–Trinajstić information content (AvgIpc) is 3.08. The first-order chi connectivity index (χ1) is 12.0. The van der Waals surface area contributed by atoms with Crippen molar-refractivity contribution in [3.8, 4) is 5.82 Å². The van der Waals surface area contributed by atoms with Crippen molar-refractivity contribution in [3.05, 3.63) is 40.3 Å². The van der Waals surface area contributed by atoms with Crippen molar-refractivity contribution in [1.82, 2.24) is 25.4 Å². The molecule has 1 amide bonds. The molecule has 0 aliphatic carbocycles. The summed E-state index contributed by atoms with van der Waals surface area (Å²) in [7, 11) is 0. The number of halogens is 2. The largest absolute Gasteiger partial charge is 0.348 e. The number of hydrogen-bond donors (Lipinski definition) is 2. The maximum absolute atomic E-state index is 12.7. The molecule has 26 heavy (non-hydrogen) atoms. The van der Waals surface area contributed by atoms with Crippen LogP contribution >= 0.6 is 24.0 Å². The van der Waals surface area contributed by atoms with Gasteiger partial charge >= 0.3 is 0 Å². The Balaban J connectivity index is 0.00000196. The first-order valence-electron chi connectivity index (χ1n) is 8.76. The minimum Gasteiger partial charge on any atom is -0.348 e. The Hall–Kier alpha value is -1.63. The first kappa shape index (κ1) is 19.1. The van der Waals surface area contributed by atoms with Crippen LogP contribution < -0.4 is 10.6 Å². The molecule has 2 aromatic rings. The molecule has 2 aliphatic heterocycles. The van der Waals surface area contributed by atoms with Gasteiger partial charge in [-0.25, -0.2) is 9.67 Å². The second-order valence-electron chi connectivity index (χ2n) is 7.12. The van der Waals surface area contributed by atoms with Gasteiger partial charge in [-0.2, -0.15) is 5.10 Å². The van der Waals surface area contributed by atoms with Gasteiger partial charge in [-0.3, -0.25) is 4.79 Å². The fraction of sp³-hybridized carbons (Fsp3) is 0.500. The summed E-state index contributed by atoms with van der Waals surface area (Å²) >= 11 is 6.25. The standard InChI is InChI=1S/C18H22ClN5O.ClH/c1-10-7-11(2)24(23-10)16-6-5-15(19)17(22-16)18(25)21-14-8-12-3-4-13(9-14)20-12;/h5-7,12-14,20H,3-4,8-9H2,1-2H3,(H,21,25);1H. The number of pyridine rings is 1. The molecule has 0 saturated carbocycles. The fourth-order valence-corrected chi connectivity index (χ4v) is 4.19. The van der Waals surface area contributed by atoms with Crippen LogP contribution in [0.3, 0.4) is 0 Å². The van der Waals surface area contributed by atoms with Crippen molar-refractivity contribution in [2.75, 3.05) is 0 Å². The highest BCUT2D eigenvalue weighted by atomic mass is 35.5. The van der Waals surface area contributed by atoms with Crippen molar-refractivity contribution in [2.24, 2.45) is 0 Å². The molecule has 2 atom stereocenters. The van der Waals surface area contributed by atoms with Gasteiger partial charge < -0.3 is 10.6 Å². The van der Waals surface area contributed by atoms with Gasteiger partial charge in [0.2, 0.25) is 0 Å². The summed E-state index contributed by atoms with van der Waals surface area (Å²) in [5, 5.41) is 11.5. The van der Waals surface area contributed by atoms with Crippen LogP contribution in [-0.2, 0) is 0 Å². The van der Waals surface area contributed by atoms with Crippen molar-refractivity contribution >= 4 is 29.9 Å². The molecule has 2 fully saturated rings. The fourth-order valence-electron chi connectivity index (χ4n) is 4.00. The lowest BCUT2D eigenvalue weighted by Crippen LogP contribution is -2.48. The topological polar surface area (TPSA) is 71.8 Å². The van der Waals surface area contributed by atoms with Gasteiger partial charge in [0.15, 0.2) is 5.82 Å². The van der Waals surface area contributed by atoms with Crippen LogP contribution in [-0.4, -0.2) is 38.8 Å². The predicted octanol–water partition coefficient (Wildman–Crippen LogP) is 2.97. The van der Waals surface area contributed by atoms with E-state index >= 15 is 0 Å². The van der Waals surface area contributed by atoms with Gasteiger partial charge in [-0.15, -0.1) is 12.4 Å². The number of hydrogen-bond acceptors (Lipinski definition) is 4. The smallest absolute Gasteiger partial charge is 0.271 e. The monoisotopic (exact) mass is 395 g/mol. The van der Waals surface area contributed by atoms with E-state index in [2.05, 4.69) is 20.7 Å². The van der Waals surface area contributed by atoms with E-state index in [9.17, 15) is 4.79 Å². The van der Waals surface area contributed by atoms with Crippen molar-refractivity contribution < 1.29 is 4.79 Å². The second kappa shape index (κ2) is 7.55. The number of amides is 1. The zero-order valence-electron chi connectivity index (χ0n) is 14.8. The summed E-state index contributed by atoms with van der Waals surface area (Å²) in [6.45, 7) is 3.89. The highest BCUT2D eigenvalue weighted by Crippen LogP contribution is 2.27.